The van der Waals surface area contributed by atoms with E-state index in [9.17, 15) is 14.7 Å². The van der Waals surface area contributed by atoms with Crippen LogP contribution in [0.2, 0.25) is 0 Å². The highest BCUT2D eigenvalue weighted by molar-refractivity contribution is 7.99. The van der Waals surface area contributed by atoms with Crippen molar-refractivity contribution >= 4 is 28.9 Å². The molecule has 142 valence electrons. The number of pyridine rings is 2. The van der Waals surface area contributed by atoms with E-state index in [2.05, 4.69) is 0 Å². The van der Waals surface area contributed by atoms with Gasteiger partial charge in [-0.3, -0.25) is 9.20 Å². The van der Waals surface area contributed by atoms with E-state index in [1.54, 1.807) is 0 Å². The lowest BCUT2D eigenvalue weighted by atomic mass is 10.0. The Balaban J connectivity index is 1.94. The van der Waals surface area contributed by atoms with Crippen LogP contribution in [0.5, 0.6) is 0 Å². The standard InChI is InChI=1S/C20H16FN3O3S/c21-13-9-24-18-15(7-12(19(24)25)20(26)27)28-14-4-2-1-3-11(14)16(18)17(13)23-6-5-10(22)8-23/h1-4,7,9-10H,5-6,8,22H2,(H,26,27). The van der Waals surface area contributed by atoms with Gasteiger partial charge in [-0.2, -0.15) is 0 Å². The molecular weight excluding hydrogens is 381 g/mol. The molecule has 5 rings (SSSR count). The van der Waals surface area contributed by atoms with E-state index >= 15 is 4.39 Å². The minimum Gasteiger partial charge on any atom is -0.477 e. The predicted molar refractivity (Wildman–Crippen MR) is 105 cm³/mol. The van der Waals surface area contributed by atoms with Crippen LogP contribution in [0.3, 0.4) is 0 Å². The fourth-order valence-corrected chi connectivity index (χ4v) is 5.19. The molecule has 0 radical (unpaired) electrons. The Hall–Kier alpha value is -2.84. The predicted octanol–water partition coefficient (Wildman–Crippen LogP) is 2.81. The van der Waals surface area contributed by atoms with Crippen molar-refractivity contribution in [2.75, 3.05) is 18.0 Å². The Bertz CT molecular complexity index is 1220. The Morgan fingerprint density at radius 2 is 2.07 bits per heavy atom. The minimum atomic E-state index is -1.33. The summed E-state index contributed by atoms with van der Waals surface area (Å²) in [5.74, 6) is -1.89. The number of halogens is 1. The monoisotopic (exact) mass is 397 g/mol. The number of carbonyl (C=O) groups is 1. The zero-order valence-electron chi connectivity index (χ0n) is 14.7. The number of carboxylic acid groups (broad SMARTS) is 1. The Labute approximate surface area is 163 Å². The lowest BCUT2D eigenvalue weighted by Gasteiger charge is -2.28. The summed E-state index contributed by atoms with van der Waals surface area (Å²) in [6.07, 6.45) is 1.86. The van der Waals surface area contributed by atoms with Crippen LogP contribution in [0.4, 0.5) is 10.1 Å². The summed E-state index contributed by atoms with van der Waals surface area (Å²) in [5.41, 5.74) is 7.33. The van der Waals surface area contributed by atoms with Gasteiger partial charge in [0.15, 0.2) is 5.82 Å². The zero-order valence-corrected chi connectivity index (χ0v) is 15.5. The highest BCUT2D eigenvalue weighted by atomic mass is 32.2. The number of rotatable bonds is 2. The number of benzene rings is 1. The number of nitrogens with zero attached hydrogens (tertiary/aromatic N) is 2. The maximum atomic E-state index is 15.3. The molecule has 1 atom stereocenters. The van der Waals surface area contributed by atoms with Crippen molar-refractivity contribution < 1.29 is 14.3 Å². The first-order valence-electron chi connectivity index (χ1n) is 8.88. The number of fused-ring (bicyclic) bond motifs is 2. The van der Waals surface area contributed by atoms with Gasteiger partial charge in [0.2, 0.25) is 0 Å². The van der Waals surface area contributed by atoms with Crippen molar-refractivity contribution in [2.45, 2.75) is 22.3 Å². The van der Waals surface area contributed by atoms with Gasteiger partial charge in [0.05, 0.1) is 17.4 Å². The molecule has 8 heteroatoms. The van der Waals surface area contributed by atoms with E-state index in [0.717, 1.165) is 27.5 Å². The van der Waals surface area contributed by atoms with Gasteiger partial charge >= 0.3 is 5.97 Å². The molecule has 0 aliphatic carbocycles. The second-order valence-corrected chi connectivity index (χ2v) is 8.13. The van der Waals surface area contributed by atoms with E-state index in [1.807, 2.05) is 29.2 Å². The van der Waals surface area contributed by atoms with Crippen molar-refractivity contribution in [3.8, 4) is 11.1 Å². The van der Waals surface area contributed by atoms with Gasteiger partial charge in [-0.25, -0.2) is 9.18 Å². The molecule has 0 saturated carbocycles. The van der Waals surface area contributed by atoms with Crippen LogP contribution >= 0.6 is 11.8 Å². The molecule has 1 unspecified atom stereocenters. The van der Waals surface area contributed by atoms with Crippen LogP contribution in [0, 0.1) is 5.82 Å². The number of hydrogen-bond acceptors (Lipinski definition) is 5. The zero-order chi connectivity index (χ0) is 19.6. The summed E-state index contributed by atoms with van der Waals surface area (Å²) >= 11 is 1.38. The van der Waals surface area contributed by atoms with E-state index in [4.69, 9.17) is 5.73 Å². The van der Waals surface area contributed by atoms with Crippen LogP contribution < -0.4 is 16.2 Å². The minimum absolute atomic E-state index is 0.0351. The maximum Gasteiger partial charge on any atom is 0.341 e. The summed E-state index contributed by atoms with van der Waals surface area (Å²) in [5, 5.41) is 9.41. The van der Waals surface area contributed by atoms with E-state index in [0.29, 0.717) is 34.8 Å². The van der Waals surface area contributed by atoms with Crippen molar-refractivity contribution in [1.82, 2.24) is 4.40 Å². The number of aromatic carboxylic acids is 1. The molecule has 6 nitrogen and oxygen atoms in total. The molecule has 3 aromatic rings. The molecule has 1 saturated heterocycles. The molecule has 0 bridgehead atoms. The third-order valence-corrected chi connectivity index (χ3v) is 6.40. The van der Waals surface area contributed by atoms with Crippen molar-refractivity contribution in [3.05, 3.63) is 58.3 Å². The third-order valence-electron chi connectivity index (χ3n) is 5.29. The molecular formula is C20H16FN3O3S. The molecule has 2 aromatic heterocycles. The van der Waals surface area contributed by atoms with Gasteiger partial charge < -0.3 is 15.7 Å². The smallest absolute Gasteiger partial charge is 0.341 e. The molecule has 2 aliphatic rings. The highest BCUT2D eigenvalue weighted by Crippen LogP contribution is 2.50. The molecule has 1 fully saturated rings. The topological polar surface area (TPSA) is 88.0 Å². The molecule has 3 N–H and O–H groups in total. The number of hydrogen-bond donors (Lipinski definition) is 2. The number of nitrogens with two attached hydrogens (primary N) is 1. The fourth-order valence-electron chi connectivity index (χ4n) is 4.05. The molecule has 4 heterocycles. The maximum absolute atomic E-state index is 15.3. The van der Waals surface area contributed by atoms with Gasteiger partial charge in [-0.15, -0.1) is 0 Å². The Morgan fingerprint density at radius 1 is 1.29 bits per heavy atom. The lowest BCUT2D eigenvalue weighted by molar-refractivity contribution is 0.0694. The normalized spacial score (nSPS) is 17.8. The Morgan fingerprint density at radius 3 is 2.79 bits per heavy atom. The van der Waals surface area contributed by atoms with E-state index in [1.165, 1.54) is 17.8 Å². The first-order valence-corrected chi connectivity index (χ1v) is 9.70. The van der Waals surface area contributed by atoms with Crippen LogP contribution in [0.1, 0.15) is 16.8 Å². The number of aromatic nitrogens is 1. The average molecular weight is 397 g/mol. The average Bonchev–Trinajstić information content (AvgIpc) is 3.09. The van der Waals surface area contributed by atoms with Gasteiger partial charge in [0.25, 0.3) is 5.56 Å². The SMILES string of the molecule is NC1CCN(c2c(F)cn3c(=O)c(C(=O)O)cc4c3c2-c2ccccc2S4)C1. The highest BCUT2D eigenvalue weighted by Gasteiger charge is 2.32. The largest absolute Gasteiger partial charge is 0.477 e. The molecule has 1 aromatic carbocycles. The molecule has 28 heavy (non-hydrogen) atoms. The molecule has 0 spiro atoms. The first kappa shape index (κ1) is 17.3. The van der Waals surface area contributed by atoms with Gasteiger partial charge in [0, 0.05) is 34.5 Å². The second-order valence-electron chi connectivity index (χ2n) is 7.04. The molecule has 2 aliphatic heterocycles. The van der Waals surface area contributed by atoms with Gasteiger partial charge in [-0.05, 0) is 24.1 Å². The quantitative estimate of drug-likeness (QED) is 0.541. The van der Waals surface area contributed by atoms with Crippen molar-refractivity contribution in [1.29, 1.82) is 0 Å². The van der Waals surface area contributed by atoms with E-state index in [-0.39, 0.29) is 11.6 Å². The summed E-state index contributed by atoms with van der Waals surface area (Å²) in [7, 11) is 0. The third kappa shape index (κ3) is 2.38. The van der Waals surface area contributed by atoms with E-state index < -0.39 is 17.3 Å². The van der Waals surface area contributed by atoms with Crippen LogP contribution in [-0.2, 0) is 0 Å². The summed E-state index contributed by atoms with van der Waals surface area (Å²) in [6.45, 7) is 1.16. The van der Waals surface area contributed by atoms with Crippen molar-refractivity contribution in [3.63, 3.8) is 0 Å². The van der Waals surface area contributed by atoms with Gasteiger partial charge in [0.1, 0.15) is 5.56 Å². The summed E-state index contributed by atoms with van der Waals surface area (Å²) < 4.78 is 16.4. The van der Waals surface area contributed by atoms with Crippen molar-refractivity contribution in [2.24, 2.45) is 5.73 Å². The number of carboxylic acids is 1. The summed E-state index contributed by atoms with van der Waals surface area (Å²) in [4.78, 5) is 27.7. The molecule has 0 amide bonds. The van der Waals surface area contributed by atoms with Crippen LogP contribution in [-0.4, -0.2) is 34.6 Å². The number of anilines is 1. The fraction of sp³-hybridized carbons (Fsp3) is 0.200. The van der Waals surface area contributed by atoms with Crippen LogP contribution in [0.15, 0.2) is 51.1 Å². The first-order chi connectivity index (χ1) is 13.5. The van der Waals surface area contributed by atoms with Crippen LogP contribution in [0.25, 0.3) is 16.6 Å². The summed E-state index contributed by atoms with van der Waals surface area (Å²) in [6, 6.07) is 8.92. The Kier molecular flexibility index (Phi) is 3.75. The van der Waals surface area contributed by atoms with Gasteiger partial charge in [-0.1, -0.05) is 30.0 Å². The second kappa shape index (κ2) is 6.08. The lowest BCUT2D eigenvalue weighted by Crippen LogP contribution is -2.29.